The van der Waals surface area contributed by atoms with Gasteiger partial charge in [0.1, 0.15) is 17.5 Å². The minimum absolute atomic E-state index is 0.0848. The topological polar surface area (TPSA) is 71.1 Å². The summed E-state index contributed by atoms with van der Waals surface area (Å²) in [7, 11) is 1.56. The summed E-state index contributed by atoms with van der Waals surface area (Å²) in [5.41, 5.74) is 1.53. The summed E-state index contributed by atoms with van der Waals surface area (Å²) in [6.45, 7) is -1.51. The first-order valence-corrected chi connectivity index (χ1v) is 11.5. The average Bonchev–Trinajstić information content (AvgIpc) is 2.89. The number of methoxy groups -OCH3 is 1. The van der Waals surface area contributed by atoms with Crippen LogP contribution < -0.4 is 14.8 Å². The molecule has 0 bridgehead atoms. The van der Waals surface area contributed by atoms with Crippen LogP contribution in [0.15, 0.2) is 78.9 Å². The molecule has 0 saturated carbocycles. The first-order chi connectivity index (χ1) is 17.5. The van der Waals surface area contributed by atoms with Crippen molar-refractivity contribution in [2.24, 2.45) is 0 Å². The van der Waals surface area contributed by atoms with Crippen molar-refractivity contribution in [2.45, 2.75) is 12.7 Å². The van der Waals surface area contributed by atoms with E-state index in [1.807, 2.05) is 35.2 Å². The van der Waals surface area contributed by atoms with Crippen molar-refractivity contribution in [1.82, 2.24) is 9.80 Å². The molecule has 36 heavy (non-hydrogen) atoms. The lowest BCUT2D eigenvalue weighted by Crippen LogP contribution is -2.51. The highest BCUT2D eigenvalue weighted by Gasteiger charge is 2.32. The van der Waals surface area contributed by atoms with Crippen molar-refractivity contribution in [1.29, 1.82) is 0 Å². The van der Waals surface area contributed by atoms with Crippen LogP contribution in [0.2, 0.25) is 0 Å². The van der Waals surface area contributed by atoms with Gasteiger partial charge in [0, 0.05) is 37.9 Å². The number of piperazine rings is 1. The molecule has 0 radical (unpaired) electrons. The summed E-state index contributed by atoms with van der Waals surface area (Å²) in [4.78, 5) is 30.1. The van der Waals surface area contributed by atoms with Crippen LogP contribution in [0, 0.1) is 0 Å². The van der Waals surface area contributed by atoms with Crippen molar-refractivity contribution in [3.63, 3.8) is 0 Å². The van der Waals surface area contributed by atoms with Gasteiger partial charge in [0.05, 0.1) is 12.7 Å². The third-order valence-corrected chi connectivity index (χ3v) is 6.00. The van der Waals surface area contributed by atoms with E-state index in [0.717, 1.165) is 5.56 Å². The molecule has 3 aromatic rings. The third kappa shape index (κ3) is 5.98. The molecule has 7 nitrogen and oxygen atoms in total. The lowest BCUT2D eigenvalue weighted by atomic mass is 10.0. The lowest BCUT2D eigenvalue weighted by molar-refractivity contribution is -0.122. The van der Waals surface area contributed by atoms with Gasteiger partial charge >= 0.3 is 6.61 Å². The van der Waals surface area contributed by atoms with Crippen LogP contribution >= 0.6 is 0 Å². The first kappa shape index (κ1) is 25.1. The second kappa shape index (κ2) is 11.6. The van der Waals surface area contributed by atoms with Crippen LogP contribution in [0.4, 0.5) is 14.5 Å². The molecule has 188 valence electrons. The summed E-state index contributed by atoms with van der Waals surface area (Å²) in [6, 6.07) is 21.9. The van der Waals surface area contributed by atoms with Crippen molar-refractivity contribution < 1.29 is 27.8 Å². The Bertz CT molecular complexity index is 1180. The van der Waals surface area contributed by atoms with E-state index in [0.29, 0.717) is 37.6 Å². The number of alkyl halides is 2. The molecule has 1 atom stereocenters. The molecule has 1 fully saturated rings. The molecule has 1 N–H and O–H groups in total. The Kier molecular flexibility index (Phi) is 8.12. The van der Waals surface area contributed by atoms with Gasteiger partial charge in [-0.15, -0.1) is 0 Å². The number of amides is 2. The van der Waals surface area contributed by atoms with Crippen LogP contribution in [0.25, 0.3) is 0 Å². The maximum atomic E-state index is 13.4. The van der Waals surface area contributed by atoms with Crippen LogP contribution in [0.3, 0.4) is 0 Å². The number of hydrogen-bond donors (Lipinski definition) is 1. The fourth-order valence-corrected chi connectivity index (χ4v) is 4.27. The Morgan fingerprint density at radius 1 is 0.889 bits per heavy atom. The van der Waals surface area contributed by atoms with Crippen molar-refractivity contribution in [3.05, 3.63) is 90.0 Å². The van der Waals surface area contributed by atoms with Gasteiger partial charge in [0.25, 0.3) is 5.91 Å². The van der Waals surface area contributed by atoms with Gasteiger partial charge in [-0.2, -0.15) is 8.78 Å². The minimum Gasteiger partial charge on any atom is -0.497 e. The van der Waals surface area contributed by atoms with E-state index in [1.165, 1.54) is 18.2 Å². The summed E-state index contributed by atoms with van der Waals surface area (Å²) < 4.78 is 35.3. The Morgan fingerprint density at radius 3 is 2.28 bits per heavy atom. The number of rotatable bonds is 8. The molecular formula is C27H27F2N3O4. The molecule has 0 aliphatic carbocycles. The zero-order chi connectivity index (χ0) is 25.5. The Balaban J connectivity index is 1.49. The molecule has 1 aliphatic heterocycles. The first-order valence-electron chi connectivity index (χ1n) is 11.5. The van der Waals surface area contributed by atoms with E-state index >= 15 is 0 Å². The predicted molar refractivity (Wildman–Crippen MR) is 131 cm³/mol. The number of hydrogen-bond acceptors (Lipinski definition) is 5. The van der Waals surface area contributed by atoms with Crippen molar-refractivity contribution >= 4 is 17.5 Å². The number of benzene rings is 3. The standard InChI is InChI=1S/C27H27F2N3O4/c1-35-21-11-7-10-20(18-21)30-25(33)24(19-8-3-2-4-9-19)31-14-16-32(17-15-31)26(34)22-12-5-6-13-23(22)36-27(28)29/h2-13,18,24,27H,14-17H2,1H3,(H,30,33). The number of ether oxygens (including phenoxy) is 2. The fourth-order valence-electron chi connectivity index (χ4n) is 4.27. The molecule has 1 saturated heterocycles. The SMILES string of the molecule is COc1cccc(NC(=O)C(c2ccccc2)N2CCN(C(=O)c3ccccc3OC(F)F)CC2)c1. The minimum atomic E-state index is -3.02. The molecule has 4 rings (SSSR count). The number of nitrogens with zero attached hydrogens (tertiary/aromatic N) is 2. The van der Waals surface area contributed by atoms with Crippen molar-refractivity contribution in [2.75, 3.05) is 38.6 Å². The number of anilines is 1. The number of nitrogens with one attached hydrogen (secondary N) is 1. The third-order valence-electron chi connectivity index (χ3n) is 6.00. The number of carbonyl (C=O) groups excluding carboxylic acids is 2. The highest BCUT2D eigenvalue weighted by atomic mass is 19.3. The molecule has 1 aliphatic rings. The van der Waals surface area contributed by atoms with Gasteiger partial charge in [0.2, 0.25) is 5.91 Å². The van der Waals surface area contributed by atoms with Crippen LogP contribution in [-0.4, -0.2) is 61.5 Å². The summed E-state index contributed by atoms with van der Waals surface area (Å²) in [5.74, 6) is -0.111. The van der Waals surface area contributed by atoms with Crippen LogP contribution in [-0.2, 0) is 4.79 Å². The Morgan fingerprint density at radius 2 is 1.58 bits per heavy atom. The monoisotopic (exact) mass is 495 g/mol. The Labute approximate surface area is 208 Å². The smallest absolute Gasteiger partial charge is 0.387 e. The summed E-state index contributed by atoms with van der Waals surface area (Å²) in [5, 5.41) is 2.97. The summed E-state index contributed by atoms with van der Waals surface area (Å²) >= 11 is 0. The van der Waals surface area contributed by atoms with E-state index in [1.54, 1.807) is 42.3 Å². The highest BCUT2D eigenvalue weighted by molar-refractivity contribution is 5.97. The van der Waals surface area contributed by atoms with Gasteiger partial charge < -0.3 is 19.7 Å². The van der Waals surface area contributed by atoms with E-state index in [2.05, 4.69) is 10.1 Å². The zero-order valence-corrected chi connectivity index (χ0v) is 19.8. The van der Waals surface area contributed by atoms with Crippen molar-refractivity contribution in [3.8, 4) is 11.5 Å². The zero-order valence-electron chi connectivity index (χ0n) is 19.8. The fraction of sp³-hybridized carbons (Fsp3) is 0.259. The maximum Gasteiger partial charge on any atom is 0.387 e. The van der Waals surface area contributed by atoms with Crippen LogP contribution in [0.5, 0.6) is 11.5 Å². The van der Waals surface area contributed by atoms with E-state index < -0.39 is 12.7 Å². The molecule has 2 amide bonds. The normalized spacial score (nSPS) is 14.8. The second-order valence-electron chi connectivity index (χ2n) is 8.24. The largest absolute Gasteiger partial charge is 0.497 e. The maximum absolute atomic E-state index is 13.4. The van der Waals surface area contributed by atoms with Gasteiger partial charge in [-0.3, -0.25) is 14.5 Å². The highest BCUT2D eigenvalue weighted by Crippen LogP contribution is 2.27. The predicted octanol–water partition coefficient (Wildman–Crippen LogP) is 4.43. The molecule has 1 heterocycles. The number of para-hydroxylation sites is 1. The molecule has 0 spiro atoms. The van der Waals surface area contributed by atoms with Gasteiger partial charge in [-0.05, 0) is 29.8 Å². The van der Waals surface area contributed by atoms with Crippen LogP contribution in [0.1, 0.15) is 22.0 Å². The summed E-state index contributed by atoms with van der Waals surface area (Å²) in [6.07, 6.45) is 0. The second-order valence-corrected chi connectivity index (χ2v) is 8.24. The van der Waals surface area contributed by atoms with E-state index in [9.17, 15) is 18.4 Å². The van der Waals surface area contributed by atoms with E-state index in [4.69, 9.17) is 4.74 Å². The average molecular weight is 496 g/mol. The molecule has 1 unspecified atom stereocenters. The molecule has 3 aromatic carbocycles. The van der Waals surface area contributed by atoms with Gasteiger partial charge in [-0.1, -0.05) is 48.5 Å². The van der Waals surface area contributed by atoms with Gasteiger partial charge in [0.15, 0.2) is 0 Å². The van der Waals surface area contributed by atoms with E-state index in [-0.39, 0.29) is 23.1 Å². The molecule has 9 heteroatoms. The number of carbonyl (C=O) groups is 2. The Hall–Kier alpha value is -3.98. The molecular weight excluding hydrogens is 468 g/mol. The quantitative estimate of drug-likeness (QED) is 0.501. The van der Waals surface area contributed by atoms with Gasteiger partial charge in [-0.25, -0.2) is 0 Å². The number of halogens is 2. The molecule has 0 aromatic heterocycles. The lowest BCUT2D eigenvalue weighted by Gasteiger charge is -2.39.